The van der Waals surface area contributed by atoms with Crippen molar-refractivity contribution in [3.05, 3.63) is 39.8 Å². The molecule has 0 aromatic heterocycles. The van der Waals surface area contributed by atoms with Crippen molar-refractivity contribution in [2.24, 2.45) is 0 Å². The number of benzene rings is 1. The minimum Gasteiger partial charge on any atom is -0.502 e. The highest BCUT2D eigenvalue weighted by atomic mass is 32.2. The predicted octanol–water partition coefficient (Wildman–Crippen LogP) is -0.111. The van der Waals surface area contributed by atoms with Gasteiger partial charge in [-0.2, -0.15) is 0 Å². The SMILES string of the molecule is O=[N+]([O-])c1cc(S(=O)(=O)NC2C=CS(=O)(=O)C2)ccc1O. The molecule has 1 heterocycles. The van der Waals surface area contributed by atoms with E-state index in [1.807, 2.05) is 0 Å². The Kier molecular flexibility index (Phi) is 3.74. The number of nitro groups is 1. The number of hydrogen-bond donors (Lipinski definition) is 2. The van der Waals surface area contributed by atoms with Crippen molar-refractivity contribution in [2.75, 3.05) is 5.75 Å². The van der Waals surface area contributed by atoms with Crippen LogP contribution in [0.4, 0.5) is 5.69 Å². The number of sulfonamides is 1. The van der Waals surface area contributed by atoms with Crippen LogP contribution in [0.2, 0.25) is 0 Å². The van der Waals surface area contributed by atoms with Gasteiger partial charge >= 0.3 is 5.69 Å². The number of phenols is 1. The van der Waals surface area contributed by atoms with Crippen LogP contribution < -0.4 is 4.72 Å². The van der Waals surface area contributed by atoms with Crippen molar-refractivity contribution < 1.29 is 26.9 Å². The first kappa shape index (κ1) is 15.4. The molecule has 2 rings (SSSR count). The van der Waals surface area contributed by atoms with E-state index in [1.54, 1.807) is 0 Å². The summed E-state index contributed by atoms with van der Waals surface area (Å²) in [5.74, 6) is -1.07. The van der Waals surface area contributed by atoms with Crippen LogP contribution >= 0.6 is 0 Å². The average molecular weight is 334 g/mol. The summed E-state index contributed by atoms with van der Waals surface area (Å²) in [5.41, 5.74) is -0.757. The molecule has 0 saturated carbocycles. The van der Waals surface area contributed by atoms with E-state index in [-0.39, 0.29) is 0 Å². The van der Waals surface area contributed by atoms with Crippen LogP contribution in [0.15, 0.2) is 34.6 Å². The standard InChI is InChI=1S/C10H10N2O7S2/c13-10-2-1-8(5-9(10)12(14)15)21(18,19)11-7-3-4-20(16,17)6-7/h1-5,7,11,13H,6H2. The summed E-state index contributed by atoms with van der Waals surface area (Å²) in [6, 6.07) is 1.63. The van der Waals surface area contributed by atoms with Crippen LogP contribution in [0.5, 0.6) is 5.75 Å². The largest absolute Gasteiger partial charge is 0.502 e. The highest BCUT2D eigenvalue weighted by Gasteiger charge is 2.28. The second-order valence-electron chi connectivity index (χ2n) is 4.29. The molecule has 1 aliphatic heterocycles. The number of sulfone groups is 1. The molecule has 0 radical (unpaired) electrons. The summed E-state index contributed by atoms with van der Waals surface area (Å²) in [5, 5.41) is 20.8. The normalized spacial score (nSPS) is 20.5. The topological polar surface area (TPSA) is 144 Å². The van der Waals surface area contributed by atoms with Crippen molar-refractivity contribution in [3.8, 4) is 5.75 Å². The van der Waals surface area contributed by atoms with E-state index >= 15 is 0 Å². The number of rotatable bonds is 4. The number of phenolic OH excluding ortho intramolecular Hbond substituents is 1. The first-order valence-electron chi connectivity index (χ1n) is 5.51. The number of nitrogens with one attached hydrogen (secondary N) is 1. The van der Waals surface area contributed by atoms with Crippen molar-refractivity contribution in [3.63, 3.8) is 0 Å². The Hall–Kier alpha value is -1.98. The van der Waals surface area contributed by atoms with Gasteiger partial charge in [-0.15, -0.1) is 0 Å². The lowest BCUT2D eigenvalue weighted by molar-refractivity contribution is -0.386. The third-order valence-corrected chi connectivity index (χ3v) is 5.57. The van der Waals surface area contributed by atoms with Crippen LogP contribution in [-0.2, 0) is 19.9 Å². The minimum absolute atomic E-state index is 0.410. The number of hydrogen-bond acceptors (Lipinski definition) is 7. The molecule has 0 spiro atoms. The molecular formula is C10H10N2O7S2. The maximum Gasteiger partial charge on any atom is 0.312 e. The van der Waals surface area contributed by atoms with Crippen LogP contribution in [0.25, 0.3) is 0 Å². The quantitative estimate of drug-likeness (QED) is 0.577. The van der Waals surface area contributed by atoms with Gasteiger partial charge in [-0.3, -0.25) is 10.1 Å². The number of nitrogens with zero attached hydrogens (tertiary/aromatic N) is 1. The Morgan fingerprint density at radius 3 is 2.57 bits per heavy atom. The van der Waals surface area contributed by atoms with Crippen LogP contribution in [-0.4, -0.2) is 38.7 Å². The lowest BCUT2D eigenvalue weighted by atomic mass is 10.3. The molecule has 1 aromatic carbocycles. The van der Waals surface area contributed by atoms with Crippen LogP contribution in [0.1, 0.15) is 0 Å². The van der Waals surface area contributed by atoms with Gasteiger partial charge in [0, 0.05) is 11.5 Å². The van der Waals surface area contributed by atoms with Gasteiger partial charge in [0.2, 0.25) is 10.0 Å². The van der Waals surface area contributed by atoms with E-state index in [9.17, 15) is 32.1 Å². The van der Waals surface area contributed by atoms with E-state index in [4.69, 9.17) is 0 Å². The molecule has 0 fully saturated rings. The van der Waals surface area contributed by atoms with Crippen LogP contribution in [0.3, 0.4) is 0 Å². The molecule has 114 valence electrons. The number of nitro benzene ring substituents is 1. The average Bonchev–Trinajstić information content (AvgIpc) is 2.67. The molecule has 1 atom stereocenters. The minimum atomic E-state index is -4.15. The zero-order valence-corrected chi connectivity index (χ0v) is 12.0. The maximum absolute atomic E-state index is 12.0. The van der Waals surface area contributed by atoms with Gasteiger partial charge in [0.15, 0.2) is 15.6 Å². The fourth-order valence-electron chi connectivity index (χ4n) is 1.73. The third kappa shape index (κ3) is 3.37. The Balaban J connectivity index is 2.31. The van der Waals surface area contributed by atoms with Gasteiger partial charge in [-0.25, -0.2) is 21.6 Å². The molecular weight excluding hydrogens is 324 g/mol. The lowest BCUT2D eigenvalue weighted by Crippen LogP contribution is -2.35. The van der Waals surface area contributed by atoms with E-state index in [2.05, 4.69) is 4.72 Å². The van der Waals surface area contributed by atoms with Crippen LogP contribution in [0, 0.1) is 10.1 Å². The summed E-state index contributed by atoms with van der Waals surface area (Å²) in [6.07, 6.45) is 1.18. The fraction of sp³-hybridized carbons (Fsp3) is 0.200. The van der Waals surface area contributed by atoms with E-state index < -0.39 is 52.9 Å². The Morgan fingerprint density at radius 1 is 1.38 bits per heavy atom. The smallest absolute Gasteiger partial charge is 0.312 e. The first-order valence-corrected chi connectivity index (χ1v) is 8.71. The van der Waals surface area contributed by atoms with Crippen molar-refractivity contribution in [1.82, 2.24) is 4.72 Å². The van der Waals surface area contributed by atoms with Gasteiger partial charge < -0.3 is 5.11 Å². The Bertz CT molecular complexity index is 827. The van der Waals surface area contributed by atoms with Crippen molar-refractivity contribution in [2.45, 2.75) is 10.9 Å². The van der Waals surface area contributed by atoms with Gasteiger partial charge in [-0.05, 0) is 12.1 Å². The molecule has 9 nitrogen and oxygen atoms in total. The zero-order chi connectivity index (χ0) is 15.8. The third-order valence-electron chi connectivity index (χ3n) is 2.69. The molecule has 11 heteroatoms. The highest BCUT2D eigenvalue weighted by Crippen LogP contribution is 2.28. The predicted molar refractivity (Wildman–Crippen MR) is 71.8 cm³/mol. The fourth-order valence-corrected chi connectivity index (χ4v) is 4.28. The summed E-state index contributed by atoms with van der Waals surface area (Å²) in [7, 11) is -7.58. The molecule has 21 heavy (non-hydrogen) atoms. The van der Waals surface area contributed by atoms with Gasteiger partial charge in [0.25, 0.3) is 0 Å². The molecule has 1 aromatic rings. The summed E-state index contributed by atoms with van der Waals surface area (Å²) < 4.78 is 48.6. The van der Waals surface area contributed by atoms with E-state index in [0.29, 0.717) is 6.07 Å². The highest BCUT2D eigenvalue weighted by molar-refractivity contribution is 7.94. The molecule has 1 aliphatic rings. The second kappa shape index (κ2) is 5.09. The molecule has 0 bridgehead atoms. The Morgan fingerprint density at radius 2 is 2.05 bits per heavy atom. The molecule has 0 saturated heterocycles. The van der Waals surface area contributed by atoms with Gasteiger partial charge in [0.05, 0.1) is 21.6 Å². The second-order valence-corrected chi connectivity index (χ2v) is 7.94. The lowest BCUT2D eigenvalue weighted by Gasteiger charge is -2.10. The number of aromatic hydroxyl groups is 1. The summed E-state index contributed by atoms with van der Waals surface area (Å²) in [6.45, 7) is 0. The van der Waals surface area contributed by atoms with E-state index in [1.165, 1.54) is 6.08 Å². The molecule has 2 N–H and O–H groups in total. The maximum atomic E-state index is 12.0. The van der Waals surface area contributed by atoms with E-state index in [0.717, 1.165) is 17.5 Å². The van der Waals surface area contributed by atoms with Crippen molar-refractivity contribution >= 4 is 25.5 Å². The summed E-state index contributed by atoms with van der Waals surface area (Å²) >= 11 is 0. The summed E-state index contributed by atoms with van der Waals surface area (Å²) in [4.78, 5) is 9.31. The monoisotopic (exact) mass is 334 g/mol. The molecule has 0 amide bonds. The van der Waals surface area contributed by atoms with Gasteiger partial charge in [-0.1, -0.05) is 6.08 Å². The molecule has 0 aliphatic carbocycles. The zero-order valence-electron chi connectivity index (χ0n) is 10.3. The first-order chi connectivity index (χ1) is 9.61. The van der Waals surface area contributed by atoms with Crippen molar-refractivity contribution in [1.29, 1.82) is 0 Å². The van der Waals surface area contributed by atoms with Gasteiger partial charge in [0.1, 0.15) is 0 Å². The Labute approximate surface area is 120 Å². The molecule has 1 unspecified atom stereocenters.